The number of sulfonamides is 1. The standard InChI is InChI=1S/C16H14ClFN2O6S2/c1-2-27(22,23)10-6-13-16(26-8-15(21)19-13)14(7-10)28(24,25)20-12-4-3-9(18)5-11(12)17/h3-7,20H,2,8H2,1H3,(H,19,21). The Hall–Kier alpha value is -2.37. The summed E-state index contributed by atoms with van der Waals surface area (Å²) >= 11 is 5.86. The number of carbonyl (C=O) groups excluding carboxylic acids is 1. The first-order chi connectivity index (χ1) is 13.0. The Morgan fingerprint density at radius 3 is 2.57 bits per heavy atom. The molecule has 0 aromatic heterocycles. The van der Waals surface area contributed by atoms with Gasteiger partial charge in [-0.3, -0.25) is 9.52 Å². The summed E-state index contributed by atoms with van der Waals surface area (Å²) < 4.78 is 70.9. The number of hydrogen-bond acceptors (Lipinski definition) is 6. The first-order valence-corrected chi connectivity index (χ1v) is 11.4. The molecule has 0 saturated carbocycles. The van der Waals surface area contributed by atoms with Crippen molar-refractivity contribution in [3.63, 3.8) is 0 Å². The van der Waals surface area contributed by atoms with Crippen LogP contribution in [0, 0.1) is 5.82 Å². The molecule has 8 nitrogen and oxygen atoms in total. The molecule has 0 spiro atoms. The quantitative estimate of drug-likeness (QED) is 0.725. The van der Waals surface area contributed by atoms with E-state index < -0.39 is 43.1 Å². The van der Waals surface area contributed by atoms with E-state index in [4.69, 9.17) is 16.3 Å². The van der Waals surface area contributed by atoms with Gasteiger partial charge in [0.05, 0.1) is 27.0 Å². The maximum Gasteiger partial charge on any atom is 0.265 e. The number of anilines is 2. The molecule has 2 aromatic carbocycles. The molecule has 0 unspecified atom stereocenters. The Bertz CT molecular complexity index is 1180. The number of halogens is 2. The molecule has 2 aromatic rings. The van der Waals surface area contributed by atoms with Gasteiger partial charge in [-0.1, -0.05) is 18.5 Å². The summed E-state index contributed by atoms with van der Waals surface area (Å²) in [5.74, 6) is -1.71. The monoisotopic (exact) mass is 448 g/mol. The van der Waals surface area contributed by atoms with Gasteiger partial charge in [0, 0.05) is 0 Å². The van der Waals surface area contributed by atoms with Gasteiger partial charge in [-0.25, -0.2) is 21.2 Å². The molecule has 0 atom stereocenters. The number of ether oxygens (including phenoxy) is 1. The first-order valence-electron chi connectivity index (χ1n) is 7.85. The van der Waals surface area contributed by atoms with Crippen molar-refractivity contribution in [2.45, 2.75) is 16.7 Å². The summed E-state index contributed by atoms with van der Waals surface area (Å²) in [6, 6.07) is 5.12. The zero-order valence-corrected chi connectivity index (χ0v) is 16.7. The van der Waals surface area contributed by atoms with Crippen molar-refractivity contribution in [3.05, 3.63) is 41.2 Å². The van der Waals surface area contributed by atoms with Crippen LogP contribution >= 0.6 is 11.6 Å². The maximum atomic E-state index is 13.2. The Labute approximate surface area is 165 Å². The van der Waals surface area contributed by atoms with E-state index >= 15 is 0 Å². The zero-order valence-electron chi connectivity index (χ0n) is 14.3. The second kappa shape index (κ2) is 7.22. The van der Waals surface area contributed by atoms with Crippen LogP contribution in [0.5, 0.6) is 5.75 Å². The molecule has 0 saturated heterocycles. The molecule has 0 fully saturated rings. The third-order valence-electron chi connectivity index (χ3n) is 3.85. The minimum absolute atomic E-state index is 0.0867. The van der Waals surface area contributed by atoms with Crippen molar-refractivity contribution >= 4 is 48.7 Å². The molecule has 1 aliphatic rings. The van der Waals surface area contributed by atoms with Gasteiger partial charge < -0.3 is 10.1 Å². The van der Waals surface area contributed by atoms with E-state index in [1.54, 1.807) is 0 Å². The van der Waals surface area contributed by atoms with Crippen molar-refractivity contribution in [2.75, 3.05) is 22.4 Å². The fourth-order valence-electron chi connectivity index (χ4n) is 2.46. The summed E-state index contributed by atoms with van der Waals surface area (Å²) in [4.78, 5) is 10.8. The minimum Gasteiger partial charge on any atom is -0.480 e. The van der Waals surface area contributed by atoms with Crippen molar-refractivity contribution in [3.8, 4) is 5.75 Å². The van der Waals surface area contributed by atoms with Gasteiger partial charge in [-0.15, -0.1) is 0 Å². The molecule has 0 radical (unpaired) electrons. The highest BCUT2D eigenvalue weighted by molar-refractivity contribution is 7.93. The van der Waals surface area contributed by atoms with Crippen LogP contribution in [0.2, 0.25) is 5.02 Å². The Morgan fingerprint density at radius 1 is 1.21 bits per heavy atom. The average molecular weight is 449 g/mol. The molecule has 1 amide bonds. The van der Waals surface area contributed by atoms with Crippen LogP contribution in [-0.2, 0) is 24.7 Å². The molecule has 28 heavy (non-hydrogen) atoms. The van der Waals surface area contributed by atoms with Crippen LogP contribution in [0.3, 0.4) is 0 Å². The van der Waals surface area contributed by atoms with Crippen molar-refractivity contribution in [2.24, 2.45) is 0 Å². The van der Waals surface area contributed by atoms with Crippen LogP contribution in [-0.4, -0.2) is 35.1 Å². The Morgan fingerprint density at radius 2 is 1.93 bits per heavy atom. The lowest BCUT2D eigenvalue weighted by Gasteiger charge is -2.22. The number of sulfone groups is 1. The summed E-state index contributed by atoms with van der Waals surface area (Å²) in [5, 5.41) is 2.20. The summed E-state index contributed by atoms with van der Waals surface area (Å²) in [6.07, 6.45) is 0. The molecule has 3 rings (SSSR count). The highest BCUT2D eigenvalue weighted by Crippen LogP contribution is 2.39. The van der Waals surface area contributed by atoms with E-state index in [0.29, 0.717) is 0 Å². The van der Waals surface area contributed by atoms with Gasteiger partial charge >= 0.3 is 0 Å². The number of carbonyl (C=O) groups is 1. The number of benzene rings is 2. The third kappa shape index (κ3) is 3.91. The Kier molecular flexibility index (Phi) is 5.26. The highest BCUT2D eigenvalue weighted by Gasteiger charge is 2.30. The first kappa shape index (κ1) is 20.4. The predicted octanol–water partition coefficient (Wildman–Crippen LogP) is 2.40. The average Bonchev–Trinajstić information content (AvgIpc) is 2.62. The van der Waals surface area contributed by atoms with Crippen LogP contribution in [0.1, 0.15) is 6.92 Å². The largest absolute Gasteiger partial charge is 0.480 e. The second-order valence-electron chi connectivity index (χ2n) is 5.77. The van der Waals surface area contributed by atoms with E-state index in [9.17, 15) is 26.0 Å². The molecule has 0 bridgehead atoms. The van der Waals surface area contributed by atoms with Crippen LogP contribution < -0.4 is 14.8 Å². The minimum atomic E-state index is -4.40. The summed E-state index contributed by atoms with van der Waals surface area (Å²) in [6.45, 7) is 0.960. The van der Waals surface area contributed by atoms with Crippen molar-refractivity contribution in [1.29, 1.82) is 0 Å². The third-order valence-corrected chi connectivity index (χ3v) is 7.25. The van der Waals surface area contributed by atoms with E-state index in [-0.39, 0.29) is 32.8 Å². The van der Waals surface area contributed by atoms with E-state index in [0.717, 1.165) is 30.3 Å². The van der Waals surface area contributed by atoms with Gasteiger partial charge in [0.1, 0.15) is 10.7 Å². The van der Waals surface area contributed by atoms with Gasteiger partial charge in [0.15, 0.2) is 22.2 Å². The lowest BCUT2D eigenvalue weighted by atomic mass is 10.2. The number of nitrogens with one attached hydrogen (secondary N) is 2. The lowest BCUT2D eigenvalue weighted by Crippen LogP contribution is -2.28. The fraction of sp³-hybridized carbons (Fsp3) is 0.188. The fourth-order valence-corrected chi connectivity index (χ4v) is 5.01. The number of rotatable bonds is 5. The normalized spacial score (nSPS) is 14.0. The summed E-state index contributed by atoms with van der Waals surface area (Å²) in [5.41, 5.74) is -0.197. The molecule has 2 N–H and O–H groups in total. The molecular formula is C16H14ClFN2O6S2. The SMILES string of the molecule is CCS(=O)(=O)c1cc2c(c(S(=O)(=O)Nc3ccc(F)cc3Cl)c1)OCC(=O)N2. The number of fused-ring (bicyclic) bond motifs is 1. The lowest BCUT2D eigenvalue weighted by molar-refractivity contribution is -0.118. The van der Waals surface area contributed by atoms with Gasteiger partial charge in [0.25, 0.3) is 15.9 Å². The smallest absolute Gasteiger partial charge is 0.265 e. The molecule has 1 aliphatic heterocycles. The van der Waals surface area contributed by atoms with Gasteiger partial charge in [0.2, 0.25) is 0 Å². The maximum absolute atomic E-state index is 13.2. The van der Waals surface area contributed by atoms with Crippen molar-refractivity contribution in [1.82, 2.24) is 0 Å². The van der Waals surface area contributed by atoms with Crippen molar-refractivity contribution < 1.29 is 30.8 Å². The highest BCUT2D eigenvalue weighted by atomic mass is 35.5. The summed E-state index contributed by atoms with van der Waals surface area (Å²) in [7, 11) is -8.19. The van der Waals surface area contributed by atoms with Gasteiger partial charge in [-0.05, 0) is 30.3 Å². The zero-order chi connectivity index (χ0) is 20.7. The van der Waals surface area contributed by atoms with Crippen LogP contribution in [0.4, 0.5) is 15.8 Å². The van der Waals surface area contributed by atoms with E-state index in [2.05, 4.69) is 10.0 Å². The molecule has 12 heteroatoms. The second-order valence-corrected chi connectivity index (χ2v) is 10.1. The Balaban J connectivity index is 2.17. The van der Waals surface area contributed by atoms with Crippen LogP contribution in [0.25, 0.3) is 0 Å². The van der Waals surface area contributed by atoms with E-state index in [1.165, 1.54) is 6.92 Å². The predicted molar refractivity (Wildman–Crippen MR) is 101 cm³/mol. The molecule has 1 heterocycles. The topological polar surface area (TPSA) is 119 Å². The van der Waals surface area contributed by atoms with Gasteiger partial charge in [-0.2, -0.15) is 0 Å². The van der Waals surface area contributed by atoms with E-state index in [1.807, 2.05) is 0 Å². The molecular weight excluding hydrogens is 435 g/mol. The van der Waals surface area contributed by atoms with Crippen LogP contribution in [0.15, 0.2) is 40.1 Å². The number of hydrogen-bond donors (Lipinski definition) is 2. The molecule has 0 aliphatic carbocycles. The number of amides is 1. The molecule has 150 valence electrons.